The number of hydrogen-bond acceptors (Lipinski definition) is 5. The summed E-state index contributed by atoms with van der Waals surface area (Å²) < 4.78 is 5.36. The number of ether oxygens (including phenoxy) is 1. The highest BCUT2D eigenvalue weighted by Gasteiger charge is 2.44. The lowest BCUT2D eigenvalue weighted by molar-refractivity contribution is -0.143. The lowest BCUT2D eigenvalue weighted by Gasteiger charge is -2.30. The van der Waals surface area contributed by atoms with Crippen molar-refractivity contribution >= 4 is 23.4 Å². The van der Waals surface area contributed by atoms with Crippen LogP contribution in [0.15, 0.2) is 5.38 Å². The number of hydrogen-bond donors (Lipinski definition) is 1. The number of carbonyl (C=O) groups excluding carboxylic acids is 1. The summed E-state index contributed by atoms with van der Waals surface area (Å²) in [5.74, 6) is -1.09. The first-order chi connectivity index (χ1) is 9.69. The molecular weight excluding hydrogens is 292 g/mol. The van der Waals surface area contributed by atoms with Gasteiger partial charge in [-0.15, -0.1) is 11.3 Å². The van der Waals surface area contributed by atoms with E-state index in [1.807, 2.05) is 6.92 Å². The zero-order valence-corrected chi connectivity index (χ0v) is 13.4. The number of aliphatic carboxylic acids is 1. The molecule has 0 bridgehead atoms. The third-order valence-electron chi connectivity index (χ3n) is 2.97. The number of nitrogens with zero attached hydrogens (tertiary/aromatic N) is 2. The molecule has 1 aliphatic rings. The minimum atomic E-state index is -1.09. The van der Waals surface area contributed by atoms with Crippen LogP contribution in [-0.4, -0.2) is 38.7 Å². The van der Waals surface area contributed by atoms with E-state index in [9.17, 15) is 14.7 Å². The summed E-state index contributed by atoms with van der Waals surface area (Å²) in [6, 6.07) is -1.17. The molecule has 6 nitrogen and oxygen atoms in total. The van der Waals surface area contributed by atoms with E-state index in [0.717, 1.165) is 17.8 Å². The highest BCUT2D eigenvalue weighted by Crippen LogP contribution is 2.36. The van der Waals surface area contributed by atoms with Gasteiger partial charge in [0.25, 0.3) is 0 Å². The molecular formula is C14H20N2O4S. The summed E-state index contributed by atoms with van der Waals surface area (Å²) in [4.78, 5) is 29.6. The number of carboxylic acids is 1. The highest BCUT2D eigenvalue weighted by atomic mass is 32.1. The van der Waals surface area contributed by atoms with Crippen LogP contribution in [-0.2, 0) is 9.53 Å². The average molecular weight is 312 g/mol. The van der Waals surface area contributed by atoms with Crippen LogP contribution in [0.4, 0.5) is 4.79 Å². The van der Waals surface area contributed by atoms with Crippen molar-refractivity contribution < 1.29 is 19.4 Å². The summed E-state index contributed by atoms with van der Waals surface area (Å²) in [5, 5.41) is 12.0. The van der Waals surface area contributed by atoms with Gasteiger partial charge in [0.2, 0.25) is 0 Å². The molecule has 0 spiro atoms. The molecule has 2 rings (SSSR count). The molecule has 0 aliphatic heterocycles. The summed E-state index contributed by atoms with van der Waals surface area (Å²) in [6.07, 6.45) is 1.00. The average Bonchev–Trinajstić information content (AvgIpc) is 3.05. The molecule has 1 aromatic rings. The quantitative estimate of drug-likeness (QED) is 0.924. The van der Waals surface area contributed by atoms with Crippen LogP contribution < -0.4 is 0 Å². The van der Waals surface area contributed by atoms with Gasteiger partial charge in [-0.25, -0.2) is 14.6 Å². The van der Waals surface area contributed by atoms with Gasteiger partial charge in [-0.05, 0) is 40.5 Å². The molecule has 1 saturated carbocycles. The monoisotopic (exact) mass is 312 g/mol. The smallest absolute Gasteiger partial charge is 0.411 e. The van der Waals surface area contributed by atoms with Gasteiger partial charge in [0.15, 0.2) is 6.04 Å². The zero-order chi connectivity index (χ0) is 15.8. The molecule has 0 saturated heterocycles. The van der Waals surface area contributed by atoms with Crippen LogP contribution in [0.3, 0.4) is 0 Å². The Hall–Kier alpha value is -1.63. The predicted octanol–water partition coefficient (Wildman–Crippen LogP) is 2.98. The van der Waals surface area contributed by atoms with E-state index in [1.165, 1.54) is 16.2 Å². The maximum absolute atomic E-state index is 12.4. The van der Waals surface area contributed by atoms with Crippen LogP contribution in [0.5, 0.6) is 0 Å². The summed E-state index contributed by atoms with van der Waals surface area (Å²) in [5.41, 5.74) is -0.270. The maximum Gasteiger partial charge on any atom is 0.411 e. The predicted molar refractivity (Wildman–Crippen MR) is 78.3 cm³/mol. The van der Waals surface area contributed by atoms with E-state index >= 15 is 0 Å². The number of carbonyl (C=O) groups is 2. The second-order valence-corrected chi connectivity index (χ2v) is 7.21. The Labute approximate surface area is 127 Å². The Morgan fingerprint density at radius 1 is 1.48 bits per heavy atom. The minimum absolute atomic E-state index is 0.0806. The van der Waals surface area contributed by atoms with Crippen molar-refractivity contribution in [1.29, 1.82) is 0 Å². The number of aryl methyl sites for hydroxylation is 1. The van der Waals surface area contributed by atoms with E-state index in [1.54, 1.807) is 26.2 Å². The third-order valence-corrected chi connectivity index (χ3v) is 3.77. The fourth-order valence-electron chi connectivity index (χ4n) is 2.03. The Bertz CT molecular complexity index is 545. The lowest BCUT2D eigenvalue weighted by Crippen LogP contribution is -2.43. The molecule has 1 fully saturated rings. The maximum atomic E-state index is 12.4. The van der Waals surface area contributed by atoms with Crippen molar-refractivity contribution in [3.63, 3.8) is 0 Å². The van der Waals surface area contributed by atoms with E-state index in [2.05, 4.69) is 4.98 Å². The highest BCUT2D eigenvalue weighted by molar-refractivity contribution is 7.09. The van der Waals surface area contributed by atoms with Gasteiger partial charge < -0.3 is 9.84 Å². The molecule has 116 valence electrons. The van der Waals surface area contributed by atoms with Crippen molar-refractivity contribution in [3.05, 3.63) is 16.1 Å². The number of rotatable bonds is 4. The molecule has 1 heterocycles. The Morgan fingerprint density at radius 2 is 2.10 bits per heavy atom. The van der Waals surface area contributed by atoms with E-state index in [-0.39, 0.29) is 6.04 Å². The van der Waals surface area contributed by atoms with Gasteiger partial charge in [-0.3, -0.25) is 4.90 Å². The number of carboxylic acid groups (broad SMARTS) is 1. The van der Waals surface area contributed by atoms with Gasteiger partial charge in [-0.1, -0.05) is 0 Å². The van der Waals surface area contributed by atoms with Crippen LogP contribution in [0, 0.1) is 6.92 Å². The first-order valence-corrected chi connectivity index (χ1v) is 7.73. The van der Waals surface area contributed by atoms with Gasteiger partial charge in [0, 0.05) is 11.4 Å². The number of aromatic nitrogens is 1. The van der Waals surface area contributed by atoms with E-state index in [4.69, 9.17) is 4.74 Å². The fraction of sp³-hybridized carbons (Fsp3) is 0.643. The van der Waals surface area contributed by atoms with Gasteiger partial charge in [0.1, 0.15) is 5.60 Å². The molecule has 1 atom stereocenters. The van der Waals surface area contributed by atoms with Crippen molar-refractivity contribution in [2.45, 2.75) is 58.2 Å². The molecule has 0 radical (unpaired) electrons. The molecule has 0 aromatic carbocycles. The Morgan fingerprint density at radius 3 is 2.48 bits per heavy atom. The summed E-state index contributed by atoms with van der Waals surface area (Å²) in [7, 11) is 0. The number of amides is 1. The lowest BCUT2D eigenvalue weighted by atomic mass is 10.2. The zero-order valence-electron chi connectivity index (χ0n) is 12.6. The summed E-state index contributed by atoms with van der Waals surface area (Å²) >= 11 is 1.37. The molecule has 1 N–H and O–H groups in total. The van der Waals surface area contributed by atoms with Crippen LogP contribution in [0.25, 0.3) is 0 Å². The SMILES string of the molecule is Cc1nc(C(C(=O)O)N(C(=O)OC(C)(C)C)C2CC2)cs1. The van der Waals surface area contributed by atoms with Crippen molar-refractivity contribution in [1.82, 2.24) is 9.88 Å². The second kappa shape index (κ2) is 5.63. The third kappa shape index (κ3) is 3.93. The van der Waals surface area contributed by atoms with Crippen molar-refractivity contribution in [2.75, 3.05) is 0 Å². The van der Waals surface area contributed by atoms with Crippen molar-refractivity contribution in [3.8, 4) is 0 Å². The molecule has 21 heavy (non-hydrogen) atoms. The molecule has 7 heteroatoms. The van der Waals surface area contributed by atoms with Gasteiger partial charge in [0.05, 0.1) is 10.7 Å². The first kappa shape index (κ1) is 15.8. The van der Waals surface area contributed by atoms with E-state index < -0.39 is 23.7 Å². The second-order valence-electron chi connectivity index (χ2n) is 6.15. The van der Waals surface area contributed by atoms with E-state index in [0.29, 0.717) is 5.69 Å². The van der Waals surface area contributed by atoms with Gasteiger partial charge in [-0.2, -0.15) is 0 Å². The Kier molecular flexibility index (Phi) is 4.22. The molecule has 1 aliphatic carbocycles. The minimum Gasteiger partial charge on any atom is -0.479 e. The molecule has 1 aromatic heterocycles. The normalized spacial score (nSPS) is 16.4. The standard InChI is InChI=1S/C14H20N2O4S/c1-8-15-10(7-21-8)11(12(17)18)16(9-5-6-9)13(19)20-14(2,3)4/h7,9,11H,5-6H2,1-4H3,(H,17,18). The van der Waals surface area contributed by atoms with Crippen LogP contribution in [0.1, 0.15) is 50.4 Å². The topological polar surface area (TPSA) is 79.7 Å². The Balaban J connectivity index is 2.30. The van der Waals surface area contributed by atoms with Crippen LogP contribution >= 0.6 is 11.3 Å². The van der Waals surface area contributed by atoms with Crippen molar-refractivity contribution in [2.24, 2.45) is 0 Å². The van der Waals surface area contributed by atoms with Gasteiger partial charge >= 0.3 is 12.1 Å². The molecule has 1 unspecified atom stereocenters. The largest absolute Gasteiger partial charge is 0.479 e. The summed E-state index contributed by atoms with van der Waals surface area (Å²) in [6.45, 7) is 7.10. The first-order valence-electron chi connectivity index (χ1n) is 6.85. The molecule has 1 amide bonds. The fourth-order valence-corrected chi connectivity index (χ4v) is 2.66. The van der Waals surface area contributed by atoms with Crippen LogP contribution in [0.2, 0.25) is 0 Å². The number of thiazole rings is 1.